The molecule has 1 N–H and O–H groups in total. The minimum absolute atomic E-state index is 0.0833. The molecule has 0 aromatic heterocycles. The second-order valence-electron chi connectivity index (χ2n) is 6.83. The topological polar surface area (TPSA) is 59.4 Å². The molecule has 2 aliphatic carbocycles. The molecule has 128 valence electrons. The van der Waals surface area contributed by atoms with Gasteiger partial charge in [0.2, 0.25) is 0 Å². The van der Waals surface area contributed by atoms with Gasteiger partial charge in [0, 0.05) is 25.7 Å². The summed E-state index contributed by atoms with van der Waals surface area (Å²) in [5, 5.41) is 11.9. The monoisotopic (exact) mass is 326 g/mol. The quantitative estimate of drug-likeness (QED) is 0.860. The van der Waals surface area contributed by atoms with Crippen molar-refractivity contribution in [2.75, 3.05) is 23.8 Å². The Balaban J connectivity index is 1.72. The van der Waals surface area contributed by atoms with Gasteiger partial charge in [-0.25, -0.2) is 4.79 Å². The number of carbonyl (C=O) groups is 1. The van der Waals surface area contributed by atoms with Crippen molar-refractivity contribution in [3.05, 3.63) is 24.3 Å². The van der Waals surface area contributed by atoms with Crippen LogP contribution in [0.25, 0.3) is 0 Å². The van der Waals surface area contributed by atoms with E-state index in [9.17, 15) is 4.79 Å². The molecular formula is C19H26N4O. The standard InChI is InChI=1S/C19H26N4O/c1-22(15-7-2-3-8-15)18-10-5-4-9-17(18)21-19(24)23(14-6-13-20)16-11-12-16/h4-5,9-10,15-16H,2-3,6-8,11-12,14H2,1H3,(H,21,24). The number of anilines is 2. The van der Waals surface area contributed by atoms with Crippen LogP contribution in [0.5, 0.6) is 0 Å². The Kier molecular flexibility index (Phi) is 5.24. The maximum atomic E-state index is 12.7. The van der Waals surface area contributed by atoms with Crippen LogP contribution >= 0.6 is 0 Å². The SMILES string of the molecule is CN(c1ccccc1NC(=O)N(CCC#N)C1CC1)C1CCCC1. The van der Waals surface area contributed by atoms with Crippen LogP contribution in [0.2, 0.25) is 0 Å². The zero-order chi connectivity index (χ0) is 16.9. The third kappa shape index (κ3) is 3.81. The molecular weight excluding hydrogens is 300 g/mol. The molecule has 2 aliphatic rings. The Labute approximate surface area is 144 Å². The van der Waals surface area contributed by atoms with Crippen molar-refractivity contribution in [3.63, 3.8) is 0 Å². The summed E-state index contributed by atoms with van der Waals surface area (Å²) in [5.74, 6) is 0. The Morgan fingerprint density at radius 1 is 1.21 bits per heavy atom. The van der Waals surface area contributed by atoms with Crippen molar-refractivity contribution in [2.45, 2.75) is 57.0 Å². The predicted octanol–water partition coefficient (Wildman–Crippen LogP) is 3.98. The van der Waals surface area contributed by atoms with E-state index in [1.54, 1.807) is 0 Å². The van der Waals surface area contributed by atoms with Crippen LogP contribution in [0.1, 0.15) is 44.9 Å². The van der Waals surface area contributed by atoms with Gasteiger partial charge >= 0.3 is 6.03 Å². The maximum absolute atomic E-state index is 12.7. The molecule has 0 radical (unpaired) electrons. The van der Waals surface area contributed by atoms with E-state index in [0.717, 1.165) is 24.2 Å². The van der Waals surface area contributed by atoms with Crippen molar-refractivity contribution in [2.24, 2.45) is 0 Å². The molecule has 0 saturated heterocycles. The molecule has 2 saturated carbocycles. The van der Waals surface area contributed by atoms with E-state index in [-0.39, 0.29) is 6.03 Å². The molecule has 3 rings (SSSR count). The number of para-hydroxylation sites is 2. The highest BCUT2D eigenvalue weighted by atomic mass is 16.2. The molecule has 2 amide bonds. The number of urea groups is 1. The van der Waals surface area contributed by atoms with Gasteiger partial charge in [0.15, 0.2) is 0 Å². The molecule has 1 aromatic rings. The first-order valence-corrected chi connectivity index (χ1v) is 8.97. The average molecular weight is 326 g/mol. The van der Waals surface area contributed by atoms with Crippen LogP contribution in [0.15, 0.2) is 24.3 Å². The number of benzene rings is 1. The maximum Gasteiger partial charge on any atom is 0.322 e. The van der Waals surface area contributed by atoms with E-state index in [4.69, 9.17) is 5.26 Å². The van der Waals surface area contributed by atoms with Gasteiger partial charge in [0.05, 0.1) is 23.9 Å². The first kappa shape index (κ1) is 16.6. The minimum Gasteiger partial charge on any atom is -0.370 e. The summed E-state index contributed by atoms with van der Waals surface area (Å²) in [7, 11) is 2.12. The summed E-state index contributed by atoms with van der Waals surface area (Å²) < 4.78 is 0. The Hall–Kier alpha value is -2.22. The molecule has 1 aromatic carbocycles. The van der Waals surface area contributed by atoms with Crippen LogP contribution in [0.4, 0.5) is 16.2 Å². The lowest BCUT2D eigenvalue weighted by molar-refractivity contribution is 0.210. The Morgan fingerprint density at radius 2 is 1.92 bits per heavy atom. The first-order chi connectivity index (χ1) is 11.7. The lowest BCUT2D eigenvalue weighted by Gasteiger charge is -2.29. The van der Waals surface area contributed by atoms with E-state index < -0.39 is 0 Å². The fraction of sp³-hybridized carbons (Fsp3) is 0.579. The van der Waals surface area contributed by atoms with Crippen LogP contribution in [0, 0.1) is 11.3 Å². The van der Waals surface area contributed by atoms with Crippen LogP contribution < -0.4 is 10.2 Å². The summed E-state index contributed by atoms with van der Waals surface area (Å²) in [5.41, 5.74) is 1.94. The van der Waals surface area contributed by atoms with Crippen molar-refractivity contribution < 1.29 is 4.79 Å². The van der Waals surface area contributed by atoms with Gasteiger partial charge < -0.3 is 15.1 Å². The minimum atomic E-state index is -0.0833. The number of hydrogen-bond acceptors (Lipinski definition) is 3. The molecule has 0 spiro atoms. The molecule has 5 nitrogen and oxygen atoms in total. The van der Waals surface area contributed by atoms with Gasteiger partial charge in [-0.2, -0.15) is 5.26 Å². The average Bonchev–Trinajstić information content (AvgIpc) is 3.27. The highest BCUT2D eigenvalue weighted by Gasteiger charge is 2.32. The van der Waals surface area contributed by atoms with E-state index in [0.29, 0.717) is 25.0 Å². The third-order valence-electron chi connectivity index (χ3n) is 5.11. The molecule has 24 heavy (non-hydrogen) atoms. The fourth-order valence-corrected chi connectivity index (χ4v) is 3.57. The van der Waals surface area contributed by atoms with Gasteiger partial charge in [-0.1, -0.05) is 25.0 Å². The van der Waals surface area contributed by atoms with Crippen LogP contribution in [-0.4, -0.2) is 36.6 Å². The molecule has 5 heteroatoms. The smallest absolute Gasteiger partial charge is 0.322 e. The van der Waals surface area contributed by atoms with E-state index in [2.05, 4.69) is 29.4 Å². The number of nitriles is 1. The van der Waals surface area contributed by atoms with Gasteiger partial charge in [-0.05, 0) is 37.8 Å². The van der Waals surface area contributed by atoms with E-state index >= 15 is 0 Å². The van der Waals surface area contributed by atoms with Gasteiger partial charge in [-0.3, -0.25) is 0 Å². The number of rotatable bonds is 6. The normalized spacial score (nSPS) is 17.3. The van der Waals surface area contributed by atoms with Crippen LogP contribution in [0.3, 0.4) is 0 Å². The Bertz CT molecular complexity index is 614. The van der Waals surface area contributed by atoms with Crippen LogP contribution in [-0.2, 0) is 0 Å². The van der Waals surface area contributed by atoms with Crippen molar-refractivity contribution in [1.29, 1.82) is 5.26 Å². The zero-order valence-corrected chi connectivity index (χ0v) is 14.4. The number of nitrogens with zero attached hydrogens (tertiary/aromatic N) is 3. The molecule has 0 bridgehead atoms. The second kappa shape index (κ2) is 7.57. The molecule has 0 atom stereocenters. The molecule has 0 heterocycles. The predicted molar refractivity (Wildman–Crippen MR) is 96.1 cm³/mol. The third-order valence-corrected chi connectivity index (χ3v) is 5.11. The van der Waals surface area contributed by atoms with E-state index in [1.165, 1.54) is 25.7 Å². The molecule has 2 fully saturated rings. The number of hydrogen-bond donors (Lipinski definition) is 1. The molecule has 0 unspecified atom stereocenters. The van der Waals surface area contributed by atoms with Crippen molar-refractivity contribution >= 4 is 17.4 Å². The van der Waals surface area contributed by atoms with Gasteiger partial charge in [-0.15, -0.1) is 0 Å². The van der Waals surface area contributed by atoms with Gasteiger partial charge in [0.25, 0.3) is 0 Å². The highest BCUT2D eigenvalue weighted by molar-refractivity contribution is 5.93. The summed E-state index contributed by atoms with van der Waals surface area (Å²) in [6.07, 6.45) is 7.48. The summed E-state index contributed by atoms with van der Waals surface area (Å²) in [6.45, 7) is 0.508. The number of carbonyl (C=O) groups excluding carboxylic acids is 1. The van der Waals surface area contributed by atoms with Gasteiger partial charge in [0.1, 0.15) is 0 Å². The first-order valence-electron chi connectivity index (χ1n) is 8.97. The lowest BCUT2D eigenvalue weighted by atomic mass is 10.1. The number of nitrogens with one attached hydrogen (secondary N) is 1. The second-order valence-corrected chi connectivity index (χ2v) is 6.83. The molecule has 0 aliphatic heterocycles. The Morgan fingerprint density at radius 3 is 2.58 bits per heavy atom. The summed E-state index contributed by atoms with van der Waals surface area (Å²) >= 11 is 0. The summed E-state index contributed by atoms with van der Waals surface area (Å²) in [6, 6.07) is 10.9. The van der Waals surface area contributed by atoms with Crippen molar-refractivity contribution in [3.8, 4) is 6.07 Å². The lowest BCUT2D eigenvalue weighted by Crippen LogP contribution is -2.38. The van der Waals surface area contributed by atoms with E-state index in [1.807, 2.05) is 23.1 Å². The summed E-state index contributed by atoms with van der Waals surface area (Å²) in [4.78, 5) is 16.8. The van der Waals surface area contributed by atoms with Crippen molar-refractivity contribution in [1.82, 2.24) is 4.90 Å². The number of amides is 2. The largest absolute Gasteiger partial charge is 0.370 e. The fourth-order valence-electron chi connectivity index (χ4n) is 3.57. The highest BCUT2D eigenvalue weighted by Crippen LogP contribution is 2.33. The zero-order valence-electron chi connectivity index (χ0n) is 14.4.